The van der Waals surface area contributed by atoms with Crippen LogP contribution in [0, 0.1) is 0 Å². The van der Waals surface area contributed by atoms with Gasteiger partial charge in [0.25, 0.3) is 0 Å². The summed E-state index contributed by atoms with van der Waals surface area (Å²) in [7, 11) is 0. The van der Waals surface area contributed by atoms with Gasteiger partial charge >= 0.3 is 0 Å². The molecule has 0 N–H and O–H groups in total. The fraction of sp³-hybridized carbons (Fsp3) is 0.545. The number of fused-ring (bicyclic) bond motifs is 1. The second kappa shape index (κ2) is 3.36. The standard InChI is InChI=1S/C11H15NO/c1-2-4-9-6-7-11(13)10-5-3-8-12(9)10/h3,5,8-9H,2,4,6-7H2,1H3/t9-/m1/s1. The first-order valence-electron chi connectivity index (χ1n) is 5.03. The van der Waals surface area contributed by atoms with Crippen LogP contribution in [0.15, 0.2) is 18.3 Å². The third-order valence-corrected chi connectivity index (χ3v) is 2.78. The maximum absolute atomic E-state index is 11.5. The quantitative estimate of drug-likeness (QED) is 0.680. The summed E-state index contributed by atoms with van der Waals surface area (Å²) in [6, 6.07) is 4.47. The highest BCUT2D eigenvalue weighted by molar-refractivity contribution is 5.95. The van der Waals surface area contributed by atoms with Gasteiger partial charge in [-0.25, -0.2) is 0 Å². The van der Waals surface area contributed by atoms with Crippen LogP contribution in [0.3, 0.4) is 0 Å². The lowest BCUT2D eigenvalue weighted by Gasteiger charge is -2.24. The maximum atomic E-state index is 11.5. The zero-order valence-corrected chi connectivity index (χ0v) is 7.99. The van der Waals surface area contributed by atoms with E-state index in [1.807, 2.05) is 18.3 Å². The Balaban J connectivity index is 2.30. The van der Waals surface area contributed by atoms with E-state index in [1.54, 1.807) is 0 Å². The van der Waals surface area contributed by atoms with E-state index in [2.05, 4.69) is 11.5 Å². The van der Waals surface area contributed by atoms with E-state index in [0.29, 0.717) is 11.8 Å². The fourth-order valence-corrected chi connectivity index (χ4v) is 2.13. The van der Waals surface area contributed by atoms with Crippen LogP contribution < -0.4 is 0 Å². The molecule has 0 saturated carbocycles. The number of hydrogen-bond acceptors (Lipinski definition) is 1. The Morgan fingerprint density at radius 3 is 3.23 bits per heavy atom. The average Bonchev–Trinajstić information content (AvgIpc) is 2.59. The molecule has 0 bridgehead atoms. The molecule has 0 amide bonds. The van der Waals surface area contributed by atoms with E-state index >= 15 is 0 Å². The summed E-state index contributed by atoms with van der Waals surface area (Å²) in [5, 5.41) is 0. The van der Waals surface area contributed by atoms with Crippen molar-refractivity contribution < 1.29 is 4.79 Å². The van der Waals surface area contributed by atoms with Gasteiger partial charge in [-0.15, -0.1) is 0 Å². The van der Waals surface area contributed by atoms with Gasteiger partial charge in [-0.2, -0.15) is 0 Å². The van der Waals surface area contributed by atoms with Crippen LogP contribution in [0.25, 0.3) is 0 Å². The number of aromatic nitrogens is 1. The first kappa shape index (κ1) is 8.54. The van der Waals surface area contributed by atoms with Crippen molar-refractivity contribution in [2.24, 2.45) is 0 Å². The Labute approximate surface area is 78.6 Å². The third-order valence-electron chi connectivity index (χ3n) is 2.78. The minimum Gasteiger partial charge on any atom is -0.342 e. The Bertz CT molecular complexity index is 314. The molecule has 13 heavy (non-hydrogen) atoms. The summed E-state index contributed by atoms with van der Waals surface area (Å²) in [4.78, 5) is 11.5. The van der Waals surface area contributed by atoms with Crippen molar-refractivity contribution in [3.8, 4) is 0 Å². The van der Waals surface area contributed by atoms with E-state index in [1.165, 1.54) is 12.8 Å². The summed E-state index contributed by atoms with van der Waals surface area (Å²) in [6.07, 6.45) is 6.17. The highest BCUT2D eigenvalue weighted by atomic mass is 16.1. The van der Waals surface area contributed by atoms with E-state index < -0.39 is 0 Å². The van der Waals surface area contributed by atoms with Gasteiger partial charge in [0.05, 0.1) is 5.69 Å². The summed E-state index contributed by atoms with van der Waals surface area (Å²) in [5.41, 5.74) is 0.907. The molecule has 0 saturated heterocycles. The van der Waals surface area contributed by atoms with Crippen molar-refractivity contribution in [1.82, 2.24) is 4.57 Å². The van der Waals surface area contributed by atoms with E-state index in [-0.39, 0.29) is 0 Å². The van der Waals surface area contributed by atoms with Crippen LogP contribution in [-0.2, 0) is 0 Å². The first-order chi connectivity index (χ1) is 6.33. The van der Waals surface area contributed by atoms with Crippen molar-refractivity contribution in [2.45, 2.75) is 38.6 Å². The summed E-state index contributed by atoms with van der Waals surface area (Å²) in [5.74, 6) is 0.303. The van der Waals surface area contributed by atoms with E-state index in [0.717, 1.165) is 18.5 Å². The molecule has 1 aromatic heterocycles. The Morgan fingerprint density at radius 1 is 1.62 bits per heavy atom. The number of rotatable bonds is 2. The second-order valence-corrected chi connectivity index (χ2v) is 3.71. The Kier molecular flexibility index (Phi) is 2.21. The minimum atomic E-state index is 0.303. The molecule has 0 fully saturated rings. The number of nitrogens with zero attached hydrogens (tertiary/aromatic N) is 1. The molecule has 0 unspecified atom stereocenters. The molecular weight excluding hydrogens is 162 g/mol. The molecule has 1 atom stereocenters. The molecule has 2 heterocycles. The molecule has 0 radical (unpaired) electrons. The fourth-order valence-electron chi connectivity index (χ4n) is 2.13. The molecule has 1 aromatic rings. The van der Waals surface area contributed by atoms with Gasteiger partial charge < -0.3 is 4.57 Å². The van der Waals surface area contributed by atoms with Crippen LogP contribution in [0.4, 0.5) is 0 Å². The van der Waals surface area contributed by atoms with Crippen LogP contribution >= 0.6 is 0 Å². The summed E-state index contributed by atoms with van der Waals surface area (Å²) < 4.78 is 2.15. The zero-order chi connectivity index (χ0) is 9.26. The van der Waals surface area contributed by atoms with Gasteiger partial charge in [-0.3, -0.25) is 4.79 Å². The predicted molar refractivity (Wildman–Crippen MR) is 51.9 cm³/mol. The second-order valence-electron chi connectivity index (χ2n) is 3.71. The molecule has 2 nitrogen and oxygen atoms in total. The number of Topliss-reactive ketones (excluding diaryl/α,β-unsaturated/α-hetero) is 1. The van der Waals surface area contributed by atoms with Crippen LogP contribution in [-0.4, -0.2) is 10.4 Å². The topological polar surface area (TPSA) is 22.0 Å². The lowest BCUT2D eigenvalue weighted by Crippen LogP contribution is -2.21. The number of hydrogen-bond donors (Lipinski definition) is 0. The van der Waals surface area contributed by atoms with Gasteiger partial charge in [0.15, 0.2) is 5.78 Å². The van der Waals surface area contributed by atoms with Crippen molar-refractivity contribution in [2.75, 3.05) is 0 Å². The molecule has 2 heteroatoms. The smallest absolute Gasteiger partial charge is 0.179 e. The highest BCUT2D eigenvalue weighted by Gasteiger charge is 2.23. The molecular formula is C11H15NO. The molecule has 1 aliphatic rings. The van der Waals surface area contributed by atoms with Crippen molar-refractivity contribution in [1.29, 1.82) is 0 Å². The highest BCUT2D eigenvalue weighted by Crippen LogP contribution is 2.28. The van der Waals surface area contributed by atoms with Crippen LogP contribution in [0.5, 0.6) is 0 Å². The van der Waals surface area contributed by atoms with E-state index in [9.17, 15) is 4.79 Å². The molecule has 0 aromatic carbocycles. The number of carbonyl (C=O) groups excluding carboxylic acids is 1. The zero-order valence-electron chi connectivity index (χ0n) is 7.99. The Morgan fingerprint density at radius 2 is 2.46 bits per heavy atom. The largest absolute Gasteiger partial charge is 0.342 e. The van der Waals surface area contributed by atoms with Crippen LogP contribution in [0.2, 0.25) is 0 Å². The Hall–Kier alpha value is -1.05. The molecule has 2 rings (SSSR count). The first-order valence-corrected chi connectivity index (χ1v) is 5.03. The number of ketones is 1. The van der Waals surface area contributed by atoms with Gasteiger partial charge in [0.2, 0.25) is 0 Å². The number of carbonyl (C=O) groups is 1. The normalized spacial score (nSPS) is 21.6. The SMILES string of the molecule is CCC[C@@H]1CCC(=O)c2cccn21. The summed E-state index contributed by atoms with van der Waals surface area (Å²) in [6.45, 7) is 2.19. The lowest BCUT2D eigenvalue weighted by molar-refractivity contribution is 0.0940. The van der Waals surface area contributed by atoms with Gasteiger partial charge in [0, 0.05) is 18.7 Å². The predicted octanol–water partition coefficient (Wildman–Crippen LogP) is 2.81. The van der Waals surface area contributed by atoms with Gasteiger partial charge in [-0.1, -0.05) is 13.3 Å². The lowest BCUT2D eigenvalue weighted by atomic mass is 9.98. The van der Waals surface area contributed by atoms with Crippen LogP contribution in [0.1, 0.15) is 49.1 Å². The van der Waals surface area contributed by atoms with Gasteiger partial charge in [-0.05, 0) is 25.0 Å². The minimum absolute atomic E-state index is 0.303. The summed E-state index contributed by atoms with van der Waals surface area (Å²) >= 11 is 0. The van der Waals surface area contributed by atoms with Crippen molar-refractivity contribution in [3.05, 3.63) is 24.0 Å². The third kappa shape index (κ3) is 1.41. The van der Waals surface area contributed by atoms with E-state index in [4.69, 9.17) is 0 Å². The molecule has 1 aliphatic heterocycles. The van der Waals surface area contributed by atoms with Crippen molar-refractivity contribution >= 4 is 5.78 Å². The monoisotopic (exact) mass is 177 g/mol. The van der Waals surface area contributed by atoms with Crippen molar-refractivity contribution in [3.63, 3.8) is 0 Å². The maximum Gasteiger partial charge on any atom is 0.179 e. The average molecular weight is 177 g/mol. The molecule has 0 spiro atoms. The van der Waals surface area contributed by atoms with Gasteiger partial charge in [0.1, 0.15) is 0 Å². The molecule has 0 aliphatic carbocycles. The molecule has 70 valence electrons.